The Morgan fingerprint density at radius 1 is 1.16 bits per heavy atom. The number of methoxy groups -OCH3 is 1. The van der Waals surface area contributed by atoms with Crippen LogP contribution in [0.5, 0.6) is 5.75 Å². The van der Waals surface area contributed by atoms with Crippen LogP contribution >= 0.6 is 11.3 Å². The summed E-state index contributed by atoms with van der Waals surface area (Å²) < 4.78 is 5.15. The van der Waals surface area contributed by atoms with Crippen molar-refractivity contribution in [1.29, 1.82) is 0 Å². The molecule has 0 atom stereocenters. The first-order valence-electron chi connectivity index (χ1n) is 8.89. The van der Waals surface area contributed by atoms with Crippen LogP contribution in [0.1, 0.15) is 36.8 Å². The summed E-state index contributed by atoms with van der Waals surface area (Å²) in [6.45, 7) is 1.35. The van der Waals surface area contributed by atoms with Gasteiger partial charge in [-0.05, 0) is 59.3 Å². The third kappa shape index (κ3) is 4.54. The second kappa shape index (κ2) is 8.39. The fraction of sp³-hybridized carbons (Fsp3) is 0.450. The van der Waals surface area contributed by atoms with Gasteiger partial charge in [0.25, 0.3) is 0 Å². The molecule has 0 spiro atoms. The lowest BCUT2D eigenvalue weighted by Crippen LogP contribution is -2.44. The van der Waals surface area contributed by atoms with E-state index in [0.717, 1.165) is 31.6 Å². The standard InChI is InChI=1S/C20H26N2O2S/c1-24-18-6-4-16(5-7-18)8-12-21-19(23)22-15-20(10-2-3-11-20)17-9-13-25-14-17/h4-7,9,13-14H,2-3,8,10-12,15H2,1H3,(H2,21,22,23). The number of carbonyl (C=O) groups excluding carboxylic acids is 1. The van der Waals surface area contributed by atoms with Crippen LogP contribution in [-0.4, -0.2) is 26.2 Å². The van der Waals surface area contributed by atoms with Crippen molar-refractivity contribution in [1.82, 2.24) is 10.6 Å². The first kappa shape index (κ1) is 17.8. The molecule has 1 heterocycles. The second-order valence-corrected chi connectivity index (χ2v) is 7.49. The molecule has 25 heavy (non-hydrogen) atoms. The highest BCUT2D eigenvalue weighted by Gasteiger charge is 2.36. The van der Waals surface area contributed by atoms with Crippen molar-refractivity contribution in [2.75, 3.05) is 20.2 Å². The third-order valence-electron chi connectivity index (χ3n) is 5.14. The van der Waals surface area contributed by atoms with Gasteiger partial charge in [-0.2, -0.15) is 11.3 Å². The number of carbonyl (C=O) groups is 1. The molecule has 0 saturated heterocycles. The van der Waals surface area contributed by atoms with E-state index in [2.05, 4.69) is 27.5 Å². The van der Waals surface area contributed by atoms with Crippen molar-refractivity contribution in [2.45, 2.75) is 37.5 Å². The van der Waals surface area contributed by atoms with Gasteiger partial charge in [0.1, 0.15) is 5.75 Å². The van der Waals surface area contributed by atoms with Gasteiger partial charge in [-0.25, -0.2) is 4.79 Å². The normalized spacial score (nSPS) is 15.7. The maximum Gasteiger partial charge on any atom is 0.314 e. The number of hydrogen-bond donors (Lipinski definition) is 2. The summed E-state index contributed by atoms with van der Waals surface area (Å²) in [6, 6.07) is 10.1. The molecule has 0 aliphatic heterocycles. The predicted octanol–water partition coefficient (Wildman–Crippen LogP) is 4.11. The van der Waals surface area contributed by atoms with Gasteiger partial charge in [0.2, 0.25) is 0 Å². The number of urea groups is 1. The summed E-state index contributed by atoms with van der Waals surface area (Å²) in [5, 5.41) is 10.4. The minimum atomic E-state index is -0.0741. The number of ether oxygens (including phenoxy) is 1. The molecule has 1 saturated carbocycles. The monoisotopic (exact) mass is 358 g/mol. The molecule has 0 radical (unpaired) electrons. The summed E-state index contributed by atoms with van der Waals surface area (Å²) in [5.41, 5.74) is 2.70. The lowest BCUT2D eigenvalue weighted by Gasteiger charge is -2.28. The fourth-order valence-electron chi connectivity index (χ4n) is 3.61. The number of nitrogens with one attached hydrogen (secondary N) is 2. The Kier molecular flexibility index (Phi) is 5.97. The minimum Gasteiger partial charge on any atom is -0.497 e. The van der Waals surface area contributed by atoms with Gasteiger partial charge in [-0.3, -0.25) is 0 Å². The zero-order chi connectivity index (χ0) is 17.5. The molecule has 134 valence electrons. The average molecular weight is 359 g/mol. The van der Waals surface area contributed by atoms with Crippen molar-refractivity contribution in [3.05, 3.63) is 52.2 Å². The Balaban J connectivity index is 1.44. The Labute approximate surface area is 153 Å². The van der Waals surface area contributed by atoms with Crippen molar-refractivity contribution >= 4 is 17.4 Å². The molecule has 2 amide bonds. The van der Waals surface area contributed by atoms with Crippen molar-refractivity contribution < 1.29 is 9.53 Å². The molecule has 2 N–H and O–H groups in total. The van der Waals surface area contributed by atoms with Crippen LogP contribution < -0.4 is 15.4 Å². The maximum absolute atomic E-state index is 12.2. The molecule has 1 aliphatic carbocycles. The topological polar surface area (TPSA) is 50.4 Å². The van der Waals surface area contributed by atoms with Crippen molar-refractivity contribution in [2.24, 2.45) is 0 Å². The summed E-state index contributed by atoms with van der Waals surface area (Å²) in [7, 11) is 1.66. The van der Waals surface area contributed by atoms with Gasteiger partial charge in [0, 0.05) is 18.5 Å². The largest absolute Gasteiger partial charge is 0.497 e. The Bertz CT molecular complexity index is 662. The molecule has 5 heteroatoms. The van der Waals surface area contributed by atoms with Gasteiger partial charge in [-0.15, -0.1) is 0 Å². The van der Waals surface area contributed by atoms with Gasteiger partial charge in [0.05, 0.1) is 7.11 Å². The summed E-state index contributed by atoms with van der Waals surface area (Å²) >= 11 is 1.74. The summed E-state index contributed by atoms with van der Waals surface area (Å²) in [4.78, 5) is 12.2. The van der Waals surface area contributed by atoms with Gasteiger partial charge in [0.15, 0.2) is 0 Å². The van der Waals surface area contributed by atoms with E-state index in [4.69, 9.17) is 4.74 Å². The van der Waals surface area contributed by atoms with Crippen molar-refractivity contribution in [3.63, 3.8) is 0 Å². The molecule has 1 aromatic heterocycles. The summed E-state index contributed by atoms with van der Waals surface area (Å²) in [6.07, 6.45) is 5.63. The number of rotatable bonds is 7. The number of amides is 2. The molecule has 0 unspecified atom stereocenters. The highest BCUT2D eigenvalue weighted by molar-refractivity contribution is 7.08. The van der Waals surface area contributed by atoms with Crippen molar-refractivity contribution in [3.8, 4) is 5.75 Å². The number of hydrogen-bond acceptors (Lipinski definition) is 3. The molecule has 3 rings (SSSR count). The van der Waals surface area contributed by atoms with E-state index in [1.807, 2.05) is 24.3 Å². The average Bonchev–Trinajstić information content (AvgIpc) is 3.33. The van der Waals surface area contributed by atoms with Crippen LogP contribution in [0, 0.1) is 0 Å². The molecular formula is C20H26N2O2S. The quantitative estimate of drug-likeness (QED) is 0.782. The third-order valence-corrected chi connectivity index (χ3v) is 5.82. The van der Waals surface area contributed by atoms with E-state index in [1.165, 1.54) is 24.0 Å². The first-order chi connectivity index (χ1) is 12.2. The zero-order valence-electron chi connectivity index (χ0n) is 14.7. The highest BCUT2D eigenvalue weighted by Crippen LogP contribution is 2.41. The van der Waals surface area contributed by atoms with E-state index in [0.29, 0.717) is 6.54 Å². The smallest absolute Gasteiger partial charge is 0.314 e. The zero-order valence-corrected chi connectivity index (χ0v) is 15.5. The second-order valence-electron chi connectivity index (χ2n) is 6.71. The Morgan fingerprint density at radius 3 is 2.56 bits per heavy atom. The number of benzene rings is 1. The molecule has 1 fully saturated rings. The van der Waals surface area contributed by atoms with Crippen LogP contribution in [0.2, 0.25) is 0 Å². The summed E-state index contributed by atoms with van der Waals surface area (Å²) in [5.74, 6) is 0.852. The predicted molar refractivity (Wildman–Crippen MR) is 103 cm³/mol. The van der Waals surface area contributed by atoms with Crippen LogP contribution in [0.15, 0.2) is 41.1 Å². The Hall–Kier alpha value is -2.01. The van der Waals surface area contributed by atoms with E-state index < -0.39 is 0 Å². The lowest BCUT2D eigenvalue weighted by molar-refractivity contribution is 0.237. The van der Waals surface area contributed by atoms with Crippen LogP contribution in [0.4, 0.5) is 4.79 Å². The van der Waals surface area contributed by atoms with Crippen LogP contribution in [0.25, 0.3) is 0 Å². The van der Waals surface area contributed by atoms with Crippen LogP contribution in [-0.2, 0) is 11.8 Å². The molecule has 1 aromatic carbocycles. The maximum atomic E-state index is 12.2. The lowest BCUT2D eigenvalue weighted by atomic mass is 9.80. The van der Waals surface area contributed by atoms with E-state index in [9.17, 15) is 4.79 Å². The minimum absolute atomic E-state index is 0.0741. The van der Waals surface area contributed by atoms with E-state index in [1.54, 1.807) is 18.4 Å². The van der Waals surface area contributed by atoms with Gasteiger partial charge < -0.3 is 15.4 Å². The first-order valence-corrected chi connectivity index (χ1v) is 9.83. The molecule has 2 aromatic rings. The van der Waals surface area contributed by atoms with E-state index >= 15 is 0 Å². The molecular weight excluding hydrogens is 332 g/mol. The van der Waals surface area contributed by atoms with Gasteiger partial charge in [-0.1, -0.05) is 25.0 Å². The van der Waals surface area contributed by atoms with E-state index in [-0.39, 0.29) is 11.4 Å². The molecule has 4 nitrogen and oxygen atoms in total. The SMILES string of the molecule is COc1ccc(CCNC(=O)NCC2(c3ccsc3)CCCC2)cc1. The molecule has 0 bridgehead atoms. The highest BCUT2D eigenvalue weighted by atomic mass is 32.1. The molecule has 1 aliphatic rings. The van der Waals surface area contributed by atoms with Gasteiger partial charge >= 0.3 is 6.03 Å². The fourth-order valence-corrected chi connectivity index (χ4v) is 4.39. The van der Waals surface area contributed by atoms with Crippen LogP contribution in [0.3, 0.4) is 0 Å². The number of thiophene rings is 1. The Morgan fingerprint density at radius 2 is 1.92 bits per heavy atom.